The standard InChI is InChI=1S/C7H15NO.ClH/c1-6-4-8-3-2-7(6)5-9;/h6-9H,2-5H2,1H3;1H/t6-,7-;/m0./s1. The minimum atomic E-state index is 0. The predicted molar refractivity (Wildman–Crippen MR) is 44.5 cm³/mol. The maximum absolute atomic E-state index is 8.83. The van der Waals surface area contributed by atoms with Crippen LogP contribution in [-0.4, -0.2) is 24.8 Å². The van der Waals surface area contributed by atoms with Crippen molar-refractivity contribution in [2.75, 3.05) is 19.7 Å². The van der Waals surface area contributed by atoms with Crippen LogP contribution in [0.3, 0.4) is 0 Å². The summed E-state index contributed by atoms with van der Waals surface area (Å²) in [6.45, 7) is 4.71. The summed E-state index contributed by atoms with van der Waals surface area (Å²) < 4.78 is 0. The van der Waals surface area contributed by atoms with Crippen molar-refractivity contribution in [2.45, 2.75) is 13.3 Å². The first-order valence-corrected chi connectivity index (χ1v) is 3.66. The fourth-order valence-corrected chi connectivity index (χ4v) is 1.34. The fraction of sp³-hybridized carbons (Fsp3) is 1.00. The van der Waals surface area contributed by atoms with E-state index >= 15 is 0 Å². The van der Waals surface area contributed by atoms with Gasteiger partial charge in [-0.05, 0) is 31.3 Å². The normalized spacial score (nSPS) is 33.0. The first-order valence-electron chi connectivity index (χ1n) is 3.66. The molecule has 0 saturated carbocycles. The average molecular weight is 166 g/mol. The van der Waals surface area contributed by atoms with E-state index in [0.717, 1.165) is 19.5 Å². The zero-order valence-electron chi connectivity index (χ0n) is 6.34. The summed E-state index contributed by atoms with van der Waals surface area (Å²) >= 11 is 0. The molecule has 1 fully saturated rings. The number of nitrogens with one attached hydrogen (secondary N) is 1. The molecule has 10 heavy (non-hydrogen) atoms. The molecule has 0 aromatic rings. The Morgan fingerprint density at radius 2 is 2.30 bits per heavy atom. The molecule has 0 aliphatic carbocycles. The zero-order chi connectivity index (χ0) is 6.69. The molecule has 0 amide bonds. The van der Waals surface area contributed by atoms with E-state index in [1.165, 1.54) is 0 Å². The van der Waals surface area contributed by atoms with Crippen LogP contribution >= 0.6 is 12.4 Å². The van der Waals surface area contributed by atoms with Crippen LogP contribution in [0.25, 0.3) is 0 Å². The van der Waals surface area contributed by atoms with E-state index in [2.05, 4.69) is 12.2 Å². The van der Waals surface area contributed by atoms with Gasteiger partial charge in [-0.3, -0.25) is 0 Å². The van der Waals surface area contributed by atoms with Crippen LogP contribution in [0, 0.1) is 11.8 Å². The molecule has 0 spiro atoms. The molecule has 3 heteroatoms. The molecule has 1 aliphatic heterocycles. The third-order valence-corrected chi connectivity index (χ3v) is 2.20. The average Bonchev–Trinajstić information content (AvgIpc) is 1.89. The lowest BCUT2D eigenvalue weighted by molar-refractivity contribution is 0.153. The van der Waals surface area contributed by atoms with Gasteiger partial charge in [0.1, 0.15) is 0 Å². The van der Waals surface area contributed by atoms with Crippen LogP contribution in [0.5, 0.6) is 0 Å². The van der Waals surface area contributed by atoms with Gasteiger partial charge in [0.2, 0.25) is 0 Å². The van der Waals surface area contributed by atoms with Gasteiger partial charge in [0.05, 0.1) is 0 Å². The maximum Gasteiger partial charge on any atom is 0.0462 e. The van der Waals surface area contributed by atoms with Crippen LogP contribution in [-0.2, 0) is 0 Å². The first-order chi connectivity index (χ1) is 4.34. The van der Waals surface area contributed by atoms with Crippen molar-refractivity contribution in [3.63, 3.8) is 0 Å². The number of rotatable bonds is 1. The lowest BCUT2D eigenvalue weighted by Crippen LogP contribution is -2.36. The van der Waals surface area contributed by atoms with E-state index in [1.807, 2.05) is 0 Å². The third-order valence-electron chi connectivity index (χ3n) is 2.20. The maximum atomic E-state index is 8.83. The largest absolute Gasteiger partial charge is 0.396 e. The van der Waals surface area contributed by atoms with E-state index in [9.17, 15) is 0 Å². The van der Waals surface area contributed by atoms with Crippen molar-refractivity contribution in [1.29, 1.82) is 0 Å². The molecule has 2 nitrogen and oxygen atoms in total. The summed E-state index contributed by atoms with van der Waals surface area (Å²) in [5.74, 6) is 1.20. The molecule has 0 unspecified atom stereocenters. The van der Waals surface area contributed by atoms with Crippen molar-refractivity contribution in [1.82, 2.24) is 5.32 Å². The highest BCUT2D eigenvalue weighted by Gasteiger charge is 2.19. The Labute approximate surface area is 68.4 Å². The topological polar surface area (TPSA) is 32.3 Å². The Balaban J connectivity index is 0.000000810. The Morgan fingerprint density at radius 3 is 2.70 bits per heavy atom. The summed E-state index contributed by atoms with van der Waals surface area (Å²) in [5.41, 5.74) is 0. The Morgan fingerprint density at radius 1 is 1.60 bits per heavy atom. The molecule has 62 valence electrons. The molecular formula is C7H16ClNO. The number of piperidine rings is 1. The van der Waals surface area contributed by atoms with Gasteiger partial charge < -0.3 is 10.4 Å². The van der Waals surface area contributed by atoms with Gasteiger partial charge in [-0.1, -0.05) is 6.92 Å². The highest BCUT2D eigenvalue weighted by Crippen LogP contribution is 2.16. The van der Waals surface area contributed by atoms with E-state index < -0.39 is 0 Å². The molecule has 1 rings (SSSR count). The van der Waals surface area contributed by atoms with Gasteiger partial charge in [-0.15, -0.1) is 12.4 Å². The van der Waals surface area contributed by atoms with Crippen LogP contribution in [0.1, 0.15) is 13.3 Å². The van der Waals surface area contributed by atoms with E-state index in [-0.39, 0.29) is 12.4 Å². The summed E-state index contributed by atoms with van der Waals surface area (Å²) in [5, 5.41) is 12.1. The Hall–Kier alpha value is 0.210. The first kappa shape index (κ1) is 10.2. The summed E-state index contributed by atoms with van der Waals surface area (Å²) in [6, 6.07) is 0. The molecule has 0 bridgehead atoms. The number of hydrogen-bond acceptors (Lipinski definition) is 2. The number of aliphatic hydroxyl groups is 1. The number of halogens is 1. The summed E-state index contributed by atoms with van der Waals surface area (Å²) in [6.07, 6.45) is 1.14. The number of aliphatic hydroxyl groups excluding tert-OH is 1. The van der Waals surface area contributed by atoms with Gasteiger partial charge in [-0.25, -0.2) is 0 Å². The Bertz CT molecular complexity index is 89.7. The predicted octanol–water partition coefficient (Wildman–Crippen LogP) is 0.646. The van der Waals surface area contributed by atoms with Crippen molar-refractivity contribution < 1.29 is 5.11 Å². The van der Waals surface area contributed by atoms with Crippen LogP contribution in [0.2, 0.25) is 0 Å². The second-order valence-corrected chi connectivity index (χ2v) is 2.91. The second-order valence-electron chi connectivity index (χ2n) is 2.91. The highest BCUT2D eigenvalue weighted by atomic mass is 35.5. The summed E-state index contributed by atoms with van der Waals surface area (Å²) in [4.78, 5) is 0. The molecule has 1 aliphatic rings. The fourth-order valence-electron chi connectivity index (χ4n) is 1.34. The lowest BCUT2D eigenvalue weighted by atomic mass is 9.89. The van der Waals surface area contributed by atoms with Crippen LogP contribution in [0.4, 0.5) is 0 Å². The molecule has 1 heterocycles. The van der Waals surface area contributed by atoms with Gasteiger partial charge >= 0.3 is 0 Å². The monoisotopic (exact) mass is 165 g/mol. The van der Waals surface area contributed by atoms with Crippen molar-refractivity contribution in [3.8, 4) is 0 Å². The van der Waals surface area contributed by atoms with Gasteiger partial charge in [0.15, 0.2) is 0 Å². The molecule has 2 atom stereocenters. The van der Waals surface area contributed by atoms with E-state index in [4.69, 9.17) is 5.11 Å². The van der Waals surface area contributed by atoms with Crippen LogP contribution < -0.4 is 5.32 Å². The smallest absolute Gasteiger partial charge is 0.0462 e. The molecule has 1 saturated heterocycles. The van der Waals surface area contributed by atoms with Crippen LogP contribution in [0.15, 0.2) is 0 Å². The van der Waals surface area contributed by atoms with Gasteiger partial charge in [0, 0.05) is 6.61 Å². The zero-order valence-corrected chi connectivity index (χ0v) is 7.16. The lowest BCUT2D eigenvalue weighted by Gasteiger charge is -2.27. The molecule has 0 aromatic carbocycles. The SMILES string of the molecule is C[C@H]1CNCC[C@H]1CO.Cl. The van der Waals surface area contributed by atoms with E-state index in [0.29, 0.717) is 18.4 Å². The third kappa shape index (κ3) is 2.45. The molecular weight excluding hydrogens is 150 g/mol. The molecule has 2 N–H and O–H groups in total. The van der Waals surface area contributed by atoms with E-state index in [1.54, 1.807) is 0 Å². The van der Waals surface area contributed by atoms with Crippen molar-refractivity contribution in [2.24, 2.45) is 11.8 Å². The van der Waals surface area contributed by atoms with Crippen molar-refractivity contribution in [3.05, 3.63) is 0 Å². The second kappa shape index (κ2) is 4.94. The van der Waals surface area contributed by atoms with Gasteiger partial charge in [-0.2, -0.15) is 0 Å². The highest BCUT2D eigenvalue weighted by molar-refractivity contribution is 5.85. The number of hydrogen-bond donors (Lipinski definition) is 2. The molecule has 0 radical (unpaired) electrons. The van der Waals surface area contributed by atoms with Crippen molar-refractivity contribution >= 4 is 12.4 Å². The summed E-state index contributed by atoms with van der Waals surface area (Å²) in [7, 11) is 0. The van der Waals surface area contributed by atoms with Gasteiger partial charge in [0.25, 0.3) is 0 Å². The minimum absolute atomic E-state index is 0. The molecule has 0 aromatic heterocycles. The minimum Gasteiger partial charge on any atom is -0.396 e. The Kier molecular flexibility index (Phi) is 5.04. The quantitative estimate of drug-likeness (QED) is 0.598.